The van der Waals surface area contributed by atoms with Crippen LogP contribution in [0.25, 0.3) is 0 Å². The zero-order valence-corrected chi connectivity index (χ0v) is 20.9. The molecular weight excluding hydrogens is 498 g/mol. The van der Waals surface area contributed by atoms with E-state index in [1.807, 2.05) is 0 Å². The van der Waals surface area contributed by atoms with Crippen LogP contribution in [0.15, 0.2) is 24.4 Å². The third-order valence-electron chi connectivity index (χ3n) is 5.96. The number of benzene rings is 1. The van der Waals surface area contributed by atoms with Crippen LogP contribution in [-0.4, -0.2) is 95.7 Å². The minimum Gasteiger partial charge on any atom is -0.382 e. The Kier molecular flexibility index (Phi) is 9.48. The largest absolute Gasteiger partial charge is 0.382 e. The second-order valence-corrected chi connectivity index (χ2v) is 8.64. The maximum absolute atomic E-state index is 13.1. The molecule has 1 aromatic heterocycles. The van der Waals surface area contributed by atoms with Gasteiger partial charge in [-0.15, -0.1) is 5.10 Å². The number of aromatic nitrogens is 3. The molecular formula is C24H31N7O7. The number of hydrogen-bond acceptors (Lipinski definition) is 11. The van der Waals surface area contributed by atoms with E-state index in [4.69, 9.17) is 19.9 Å². The molecule has 4 rings (SSSR count). The number of piperidine rings is 1. The number of carbonyl (C=O) groups excluding carboxylic acids is 4. The first-order valence-corrected chi connectivity index (χ1v) is 12.4. The topological polar surface area (TPSA) is 180 Å². The summed E-state index contributed by atoms with van der Waals surface area (Å²) in [7, 11) is 0. The first-order valence-electron chi connectivity index (χ1n) is 12.4. The standard InChI is InChI=1S/C24H31N7O7/c25-6-9-38-15-16-14-30(29-28-16)8-11-37-13-12-36-10-7-26-18-3-1-2-17-21(18)24(35)31(23(17)34)19-4-5-20(32)27-22(19)33/h1-3,14,19,26H,4-13,15,25H2,(H,27,32,33). The molecule has 0 aliphatic carbocycles. The van der Waals surface area contributed by atoms with Crippen molar-refractivity contribution in [2.75, 3.05) is 51.4 Å². The monoisotopic (exact) mass is 529 g/mol. The zero-order chi connectivity index (χ0) is 26.9. The number of nitrogens with two attached hydrogens (primary N) is 1. The molecule has 2 aliphatic heterocycles. The van der Waals surface area contributed by atoms with E-state index in [1.54, 1.807) is 29.1 Å². The van der Waals surface area contributed by atoms with Crippen LogP contribution in [0, 0.1) is 0 Å². The Labute approximate surface area is 218 Å². The maximum Gasteiger partial charge on any atom is 0.264 e. The summed E-state index contributed by atoms with van der Waals surface area (Å²) in [6, 6.07) is 3.91. The van der Waals surface area contributed by atoms with E-state index in [2.05, 4.69) is 20.9 Å². The lowest BCUT2D eigenvalue weighted by Crippen LogP contribution is -2.54. The summed E-state index contributed by atoms with van der Waals surface area (Å²) in [6.07, 6.45) is 1.98. The highest BCUT2D eigenvalue weighted by molar-refractivity contribution is 6.25. The Bertz CT molecular complexity index is 1170. The Balaban J connectivity index is 1.15. The molecule has 2 aliphatic rings. The summed E-state index contributed by atoms with van der Waals surface area (Å²) in [6.45, 7) is 3.82. The summed E-state index contributed by atoms with van der Waals surface area (Å²) in [5.41, 5.74) is 7.03. The lowest BCUT2D eigenvalue weighted by molar-refractivity contribution is -0.136. The fourth-order valence-electron chi connectivity index (χ4n) is 4.17. The van der Waals surface area contributed by atoms with Crippen molar-refractivity contribution in [3.63, 3.8) is 0 Å². The quantitative estimate of drug-likeness (QED) is 0.196. The summed E-state index contributed by atoms with van der Waals surface area (Å²) < 4.78 is 18.1. The van der Waals surface area contributed by atoms with Gasteiger partial charge < -0.3 is 25.3 Å². The van der Waals surface area contributed by atoms with Gasteiger partial charge in [0.2, 0.25) is 11.8 Å². The van der Waals surface area contributed by atoms with Gasteiger partial charge >= 0.3 is 0 Å². The van der Waals surface area contributed by atoms with E-state index < -0.39 is 29.7 Å². The van der Waals surface area contributed by atoms with Crippen LogP contribution in [0.4, 0.5) is 5.69 Å². The second-order valence-electron chi connectivity index (χ2n) is 8.64. The van der Waals surface area contributed by atoms with Crippen LogP contribution in [0.3, 0.4) is 0 Å². The molecule has 4 amide bonds. The van der Waals surface area contributed by atoms with Gasteiger partial charge in [-0.2, -0.15) is 0 Å². The molecule has 38 heavy (non-hydrogen) atoms. The zero-order valence-electron chi connectivity index (χ0n) is 20.9. The molecule has 1 aromatic carbocycles. The van der Waals surface area contributed by atoms with Crippen LogP contribution < -0.4 is 16.4 Å². The third kappa shape index (κ3) is 6.58. The molecule has 1 saturated heterocycles. The molecule has 1 unspecified atom stereocenters. The lowest BCUT2D eigenvalue weighted by Gasteiger charge is -2.27. The molecule has 0 spiro atoms. The number of nitrogens with zero attached hydrogens (tertiary/aromatic N) is 4. The van der Waals surface area contributed by atoms with Crippen LogP contribution in [0.2, 0.25) is 0 Å². The first-order chi connectivity index (χ1) is 18.5. The average Bonchev–Trinajstić information content (AvgIpc) is 3.46. The predicted molar refractivity (Wildman–Crippen MR) is 132 cm³/mol. The number of imide groups is 2. The number of anilines is 1. The lowest BCUT2D eigenvalue weighted by atomic mass is 10.0. The van der Waals surface area contributed by atoms with Crippen molar-refractivity contribution in [2.45, 2.75) is 32.0 Å². The highest BCUT2D eigenvalue weighted by Crippen LogP contribution is 2.32. The number of amides is 4. The molecule has 1 fully saturated rings. The molecule has 0 radical (unpaired) electrons. The highest BCUT2D eigenvalue weighted by Gasteiger charge is 2.45. The molecule has 204 valence electrons. The molecule has 3 heterocycles. The number of carbonyl (C=O) groups is 4. The molecule has 14 nitrogen and oxygen atoms in total. The Morgan fingerprint density at radius 2 is 1.84 bits per heavy atom. The Morgan fingerprint density at radius 1 is 1.03 bits per heavy atom. The van der Waals surface area contributed by atoms with Crippen LogP contribution in [-0.2, 0) is 37.0 Å². The van der Waals surface area contributed by atoms with Crippen molar-refractivity contribution in [3.8, 4) is 0 Å². The van der Waals surface area contributed by atoms with Crippen molar-refractivity contribution in [3.05, 3.63) is 41.2 Å². The number of hydrogen-bond donors (Lipinski definition) is 3. The van der Waals surface area contributed by atoms with Crippen molar-refractivity contribution in [2.24, 2.45) is 5.73 Å². The number of nitrogens with one attached hydrogen (secondary N) is 2. The number of ether oxygens (including phenoxy) is 3. The fraction of sp³-hybridized carbons (Fsp3) is 0.500. The third-order valence-corrected chi connectivity index (χ3v) is 5.96. The van der Waals surface area contributed by atoms with E-state index in [-0.39, 0.29) is 24.0 Å². The van der Waals surface area contributed by atoms with Crippen molar-refractivity contribution < 1.29 is 33.4 Å². The molecule has 0 bridgehead atoms. The van der Waals surface area contributed by atoms with Gasteiger partial charge in [0.25, 0.3) is 11.8 Å². The normalized spacial score (nSPS) is 17.2. The smallest absolute Gasteiger partial charge is 0.264 e. The maximum atomic E-state index is 13.1. The predicted octanol–water partition coefficient (Wildman–Crippen LogP) is -0.700. The first kappa shape index (κ1) is 27.3. The van der Waals surface area contributed by atoms with Crippen molar-refractivity contribution >= 4 is 29.3 Å². The van der Waals surface area contributed by atoms with Gasteiger partial charge in [0.15, 0.2) is 0 Å². The van der Waals surface area contributed by atoms with Gasteiger partial charge in [-0.1, -0.05) is 11.3 Å². The minimum absolute atomic E-state index is 0.0718. The minimum atomic E-state index is -1.00. The van der Waals surface area contributed by atoms with E-state index in [1.165, 1.54) is 0 Å². The van der Waals surface area contributed by atoms with Crippen molar-refractivity contribution in [1.29, 1.82) is 0 Å². The van der Waals surface area contributed by atoms with Gasteiger partial charge in [0.05, 0.1) is 63.5 Å². The van der Waals surface area contributed by atoms with E-state index in [0.29, 0.717) is 65.0 Å². The molecule has 0 saturated carbocycles. The summed E-state index contributed by atoms with van der Waals surface area (Å²) in [4.78, 5) is 50.6. The van der Waals surface area contributed by atoms with E-state index >= 15 is 0 Å². The molecule has 2 aromatic rings. The van der Waals surface area contributed by atoms with Gasteiger partial charge in [-0.05, 0) is 18.6 Å². The average molecular weight is 530 g/mol. The highest BCUT2D eigenvalue weighted by atomic mass is 16.5. The SMILES string of the molecule is NCCOCc1cn(CCOCCOCCNc2cccc3c2C(=O)N(C2CCC(=O)NC2=O)C3=O)nn1. The number of fused-ring (bicyclic) bond motifs is 1. The van der Waals surface area contributed by atoms with Gasteiger partial charge in [-0.3, -0.25) is 29.4 Å². The molecule has 14 heteroatoms. The molecule has 1 atom stereocenters. The fourth-order valence-corrected chi connectivity index (χ4v) is 4.17. The summed E-state index contributed by atoms with van der Waals surface area (Å²) in [5, 5.41) is 13.3. The summed E-state index contributed by atoms with van der Waals surface area (Å²) in [5.74, 6) is -2.15. The van der Waals surface area contributed by atoms with E-state index in [9.17, 15) is 19.2 Å². The van der Waals surface area contributed by atoms with Gasteiger partial charge in [-0.25, -0.2) is 4.68 Å². The second kappa shape index (κ2) is 13.2. The molecule has 4 N–H and O–H groups in total. The van der Waals surface area contributed by atoms with Crippen LogP contribution >= 0.6 is 0 Å². The van der Waals surface area contributed by atoms with Gasteiger partial charge in [0, 0.05) is 25.2 Å². The Hall–Kier alpha value is -3.72. The number of rotatable bonds is 15. The van der Waals surface area contributed by atoms with Crippen molar-refractivity contribution in [1.82, 2.24) is 25.2 Å². The van der Waals surface area contributed by atoms with Crippen LogP contribution in [0.1, 0.15) is 39.3 Å². The van der Waals surface area contributed by atoms with Gasteiger partial charge in [0.1, 0.15) is 11.7 Å². The Morgan fingerprint density at radius 3 is 2.63 bits per heavy atom. The van der Waals surface area contributed by atoms with Crippen LogP contribution in [0.5, 0.6) is 0 Å². The summed E-state index contributed by atoms with van der Waals surface area (Å²) >= 11 is 0. The van der Waals surface area contributed by atoms with E-state index in [0.717, 1.165) is 10.6 Å².